The Morgan fingerprint density at radius 2 is 2.13 bits per heavy atom. The van der Waals surface area contributed by atoms with Crippen molar-refractivity contribution >= 4 is 46.5 Å². The number of imidazole rings is 1. The van der Waals surface area contributed by atoms with Gasteiger partial charge < -0.3 is 4.74 Å². The molecule has 0 aliphatic rings. The molecule has 0 saturated heterocycles. The first-order valence-corrected chi connectivity index (χ1v) is 4.91. The predicted octanol–water partition coefficient (Wildman–Crippen LogP) is 2.45. The number of ether oxygens (including phenoxy) is 1. The summed E-state index contributed by atoms with van der Waals surface area (Å²) in [6.07, 6.45) is 3.79. The van der Waals surface area contributed by atoms with Crippen LogP contribution in [-0.4, -0.2) is 24.3 Å². The summed E-state index contributed by atoms with van der Waals surface area (Å²) in [7, 11) is 0. The Labute approximate surface area is 99.1 Å². The van der Waals surface area contributed by atoms with Crippen molar-refractivity contribution in [2.45, 2.75) is 3.98 Å². The Balaban J connectivity index is 2.32. The molecule has 0 aliphatic heterocycles. The number of hydrogen-bond acceptors (Lipinski definition) is 3. The SMILES string of the molecule is O=C(OC(Cl)(Cl)Cl)n1ccn2nccc12. The van der Waals surface area contributed by atoms with Gasteiger partial charge in [-0.25, -0.2) is 13.9 Å². The van der Waals surface area contributed by atoms with Crippen molar-refractivity contribution < 1.29 is 9.53 Å². The van der Waals surface area contributed by atoms with Crippen LogP contribution in [0.25, 0.3) is 5.65 Å². The average Bonchev–Trinajstić information content (AvgIpc) is 2.57. The lowest BCUT2D eigenvalue weighted by Crippen LogP contribution is -2.20. The Hall–Kier alpha value is -0.910. The molecular formula is C7H4Cl3N3O2. The Kier molecular flexibility index (Phi) is 2.54. The van der Waals surface area contributed by atoms with Crippen molar-refractivity contribution in [3.8, 4) is 0 Å². The molecule has 5 nitrogen and oxygen atoms in total. The van der Waals surface area contributed by atoms with Gasteiger partial charge in [0.1, 0.15) is 5.65 Å². The Bertz CT molecular complexity index is 499. The molecule has 2 rings (SSSR count). The van der Waals surface area contributed by atoms with Gasteiger partial charge in [0.2, 0.25) is 0 Å². The number of hydrogen-bond donors (Lipinski definition) is 0. The van der Waals surface area contributed by atoms with E-state index in [9.17, 15) is 4.79 Å². The first-order valence-electron chi connectivity index (χ1n) is 3.78. The topological polar surface area (TPSA) is 48.5 Å². The molecule has 2 heterocycles. The summed E-state index contributed by atoms with van der Waals surface area (Å²) in [4.78, 5) is 11.5. The van der Waals surface area contributed by atoms with E-state index in [1.807, 2.05) is 0 Å². The van der Waals surface area contributed by atoms with Crippen molar-refractivity contribution in [3.63, 3.8) is 0 Å². The second-order valence-corrected chi connectivity index (χ2v) is 4.79. The molecule has 80 valence electrons. The van der Waals surface area contributed by atoms with Gasteiger partial charge in [-0.2, -0.15) is 5.10 Å². The molecule has 0 bridgehead atoms. The van der Waals surface area contributed by atoms with Crippen LogP contribution in [0.5, 0.6) is 0 Å². The molecule has 0 radical (unpaired) electrons. The zero-order valence-electron chi connectivity index (χ0n) is 7.10. The van der Waals surface area contributed by atoms with E-state index in [-0.39, 0.29) is 0 Å². The maximum Gasteiger partial charge on any atom is 0.423 e. The molecule has 8 heteroatoms. The lowest BCUT2D eigenvalue weighted by atomic mass is 10.7. The smallest absolute Gasteiger partial charge is 0.397 e. The average molecular weight is 268 g/mol. The Morgan fingerprint density at radius 3 is 2.80 bits per heavy atom. The van der Waals surface area contributed by atoms with Crippen LogP contribution in [0.2, 0.25) is 0 Å². The summed E-state index contributed by atoms with van der Waals surface area (Å²) in [5.41, 5.74) is 0.522. The molecule has 0 saturated carbocycles. The summed E-state index contributed by atoms with van der Waals surface area (Å²) >= 11 is 16.0. The molecule has 0 fully saturated rings. The maximum atomic E-state index is 11.5. The van der Waals surface area contributed by atoms with Gasteiger partial charge in [0.25, 0.3) is 0 Å². The van der Waals surface area contributed by atoms with Crippen LogP contribution in [0, 0.1) is 0 Å². The van der Waals surface area contributed by atoms with E-state index >= 15 is 0 Å². The van der Waals surface area contributed by atoms with Crippen molar-refractivity contribution in [2.24, 2.45) is 0 Å². The number of alkyl halides is 3. The van der Waals surface area contributed by atoms with Crippen molar-refractivity contribution in [3.05, 3.63) is 24.7 Å². The van der Waals surface area contributed by atoms with Gasteiger partial charge in [-0.3, -0.25) is 0 Å². The molecule has 0 N–H and O–H groups in total. The van der Waals surface area contributed by atoms with E-state index in [1.165, 1.54) is 21.5 Å². The summed E-state index contributed by atoms with van der Waals surface area (Å²) in [6.45, 7) is 0. The predicted molar refractivity (Wildman–Crippen MR) is 55.4 cm³/mol. The number of nitrogens with zero attached hydrogens (tertiary/aromatic N) is 3. The molecule has 0 unspecified atom stereocenters. The minimum atomic E-state index is -2.07. The standard InChI is InChI=1S/C7H4Cl3N3O2/c8-7(9,10)15-6(14)12-3-4-13-5(12)1-2-11-13/h1-4H. The molecule has 0 aliphatic carbocycles. The fourth-order valence-corrected chi connectivity index (χ4v) is 1.32. The largest absolute Gasteiger partial charge is 0.423 e. The van der Waals surface area contributed by atoms with Crippen LogP contribution in [0.3, 0.4) is 0 Å². The highest BCUT2D eigenvalue weighted by Crippen LogP contribution is 2.28. The highest BCUT2D eigenvalue weighted by atomic mass is 35.6. The van der Waals surface area contributed by atoms with Gasteiger partial charge in [-0.1, -0.05) is 0 Å². The molecule has 2 aromatic rings. The first kappa shape index (κ1) is 10.6. The van der Waals surface area contributed by atoms with Crippen LogP contribution < -0.4 is 0 Å². The zero-order valence-corrected chi connectivity index (χ0v) is 9.37. The van der Waals surface area contributed by atoms with Crippen LogP contribution >= 0.6 is 34.8 Å². The maximum absolute atomic E-state index is 11.5. The number of fused-ring (bicyclic) bond motifs is 1. The van der Waals surface area contributed by atoms with E-state index < -0.39 is 10.1 Å². The van der Waals surface area contributed by atoms with Crippen molar-refractivity contribution in [1.82, 2.24) is 14.2 Å². The molecule has 0 amide bonds. The number of aromatic nitrogens is 3. The summed E-state index contributed by atoms with van der Waals surface area (Å²) in [5, 5.41) is 3.91. The molecular weight excluding hydrogens is 264 g/mol. The van der Waals surface area contributed by atoms with Gasteiger partial charge in [0, 0.05) is 18.5 Å². The second kappa shape index (κ2) is 3.59. The van der Waals surface area contributed by atoms with Gasteiger partial charge in [0.05, 0.1) is 6.20 Å². The van der Waals surface area contributed by atoms with Gasteiger partial charge in [0.15, 0.2) is 0 Å². The molecule has 0 spiro atoms. The third-order valence-corrected chi connectivity index (χ3v) is 1.88. The van der Waals surface area contributed by atoms with Crippen LogP contribution in [0.1, 0.15) is 0 Å². The number of carbonyl (C=O) groups excluding carboxylic acids is 1. The fraction of sp³-hybridized carbons (Fsp3) is 0.143. The summed E-state index contributed by atoms with van der Waals surface area (Å²) in [5.74, 6) is 0. The summed E-state index contributed by atoms with van der Waals surface area (Å²) < 4.78 is 5.13. The normalized spacial score (nSPS) is 11.9. The third-order valence-electron chi connectivity index (χ3n) is 1.65. The van der Waals surface area contributed by atoms with Crippen LogP contribution in [-0.2, 0) is 4.74 Å². The van der Waals surface area contributed by atoms with Gasteiger partial charge >= 0.3 is 10.1 Å². The number of carbonyl (C=O) groups is 1. The first-order chi connectivity index (χ1) is 6.97. The highest BCUT2D eigenvalue weighted by Gasteiger charge is 2.26. The fourth-order valence-electron chi connectivity index (χ4n) is 1.12. The second-order valence-electron chi connectivity index (χ2n) is 2.62. The van der Waals surface area contributed by atoms with E-state index in [2.05, 4.69) is 9.84 Å². The molecule has 0 atom stereocenters. The third kappa shape index (κ3) is 2.19. The van der Waals surface area contributed by atoms with Crippen molar-refractivity contribution in [2.75, 3.05) is 0 Å². The number of rotatable bonds is 0. The number of halogens is 3. The zero-order chi connectivity index (χ0) is 11.1. The minimum absolute atomic E-state index is 0.522. The lowest BCUT2D eigenvalue weighted by Gasteiger charge is -2.11. The minimum Gasteiger partial charge on any atom is -0.397 e. The van der Waals surface area contributed by atoms with E-state index in [0.717, 1.165) is 0 Å². The van der Waals surface area contributed by atoms with Gasteiger partial charge in [-0.05, 0) is 34.8 Å². The van der Waals surface area contributed by atoms with Crippen molar-refractivity contribution in [1.29, 1.82) is 0 Å². The van der Waals surface area contributed by atoms with E-state index in [4.69, 9.17) is 34.8 Å². The quantitative estimate of drug-likeness (QED) is 0.690. The Morgan fingerprint density at radius 1 is 1.40 bits per heavy atom. The molecule has 0 aromatic carbocycles. The van der Waals surface area contributed by atoms with E-state index in [0.29, 0.717) is 5.65 Å². The van der Waals surface area contributed by atoms with Crippen LogP contribution in [0.15, 0.2) is 24.7 Å². The molecule has 15 heavy (non-hydrogen) atoms. The van der Waals surface area contributed by atoms with Crippen LogP contribution in [0.4, 0.5) is 4.79 Å². The lowest BCUT2D eigenvalue weighted by molar-refractivity contribution is 0.147. The summed E-state index contributed by atoms with van der Waals surface area (Å²) in [6, 6.07) is 1.62. The van der Waals surface area contributed by atoms with Gasteiger partial charge in [-0.15, -0.1) is 0 Å². The monoisotopic (exact) mass is 267 g/mol. The van der Waals surface area contributed by atoms with E-state index in [1.54, 1.807) is 12.3 Å². The molecule has 2 aromatic heterocycles. The highest BCUT2D eigenvalue weighted by molar-refractivity contribution is 6.66.